The molecule has 1 heterocycles. The Morgan fingerprint density at radius 1 is 1.71 bits per heavy atom. The maximum absolute atomic E-state index is 3.85. The van der Waals surface area contributed by atoms with Crippen LogP contribution in [0.1, 0.15) is 1.43 Å². The Hall–Kier alpha value is 0.846. The van der Waals surface area contributed by atoms with E-state index in [1.165, 1.54) is 0 Å². The monoisotopic (exact) mass is 122 g/mol. The van der Waals surface area contributed by atoms with Crippen LogP contribution in [0.15, 0.2) is 17.3 Å². The van der Waals surface area contributed by atoms with Gasteiger partial charge in [0.05, 0.1) is 0 Å². The van der Waals surface area contributed by atoms with E-state index < -0.39 is 0 Å². The van der Waals surface area contributed by atoms with Gasteiger partial charge in [0.2, 0.25) is 0 Å². The Kier molecular flexibility index (Phi) is 5.60. The van der Waals surface area contributed by atoms with Crippen LogP contribution in [0, 0.1) is 0 Å². The van der Waals surface area contributed by atoms with Gasteiger partial charge in [-0.3, -0.25) is 4.99 Å². The fraction of sp³-hybridized carbons (Fsp3) is 0.250. The summed E-state index contributed by atoms with van der Waals surface area (Å²) in [6.07, 6.45) is 5.51. The van der Waals surface area contributed by atoms with Crippen LogP contribution in [-0.2, 0) is 0 Å². The van der Waals surface area contributed by atoms with Crippen molar-refractivity contribution in [3.8, 4) is 0 Å². The van der Waals surface area contributed by atoms with Crippen molar-refractivity contribution in [2.24, 2.45) is 4.99 Å². The molecule has 0 atom stereocenters. The van der Waals surface area contributed by atoms with Gasteiger partial charge in [0.1, 0.15) is 6.67 Å². The SMILES string of the molecule is C1=CNCN=C1.[H-].[K+]. The topological polar surface area (TPSA) is 24.4 Å². The second kappa shape index (κ2) is 4.99. The standard InChI is InChI=1S/C4H6N2.K.H/c1-2-5-4-6-3-1;;/h1-3,5H,4H2;;/q;+1;-1. The number of aliphatic imine (C=N–C) groups is 1. The van der Waals surface area contributed by atoms with Gasteiger partial charge >= 0.3 is 51.4 Å². The summed E-state index contributed by atoms with van der Waals surface area (Å²) < 4.78 is 0. The summed E-state index contributed by atoms with van der Waals surface area (Å²) in [6.45, 7) is 0.733. The molecule has 7 heavy (non-hydrogen) atoms. The van der Waals surface area contributed by atoms with Gasteiger partial charge < -0.3 is 6.74 Å². The Balaban J connectivity index is 0. The van der Waals surface area contributed by atoms with Crippen LogP contribution in [0.25, 0.3) is 0 Å². The molecule has 0 spiro atoms. The van der Waals surface area contributed by atoms with Gasteiger partial charge in [-0.15, -0.1) is 0 Å². The van der Waals surface area contributed by atoms with Crippen LogP contribution in [0.5, 0.6) is 0 Å². The molecule has 0 aliphatic carbocycles. The summed E-state index contributed by atoms with van der Waals surface area (Å²) in [6, 6.07) is 0. The molecule has 1 rings (SSSR count). The van der Waals surface area contributed by atoms with Crippen molar-refractivity contribution in [1.82, 2.24) is 5.32 Å². The van der Waals surface area contributed by atoms with E-state index in [9.17, 15) is 0 Å². The third-order valence-electron chi connectivity index (χ3n) is 0.588. The zero-order valence-electron chi connectivity index (χ0n) is 5.39. The quantitative estimate of drug-likeness (QED) is 0.346. The van der Waals surface area contributed by atoms with Crippen molar-refractivity contribution in [3.05, 3.63) is 12.3 Å². The minimum atomic E-state index is 0. The van der Waals surface area contributed by atoms with Crippen molar-refractivity contribution in [3.63, 3.8) is 0 Å². The number of rotatable bonds is 0. The molecular formula is C4H7KN2. The molecular weight excluding hydrogens is 115 g/mol. The first-order valence-corrected chi connectivity index (χ1v) is 1.88. The average molecular weight is 122 g/mol. The summed E-state index contributed by atoms with van der Waals surface area (Å²) in [5, 5.41) is 2.91. The first-order valence-electron chi connectivity index (χ1n) is 1.88. The number of hydrogen-bond acceptors (Lipinski definition) is 2. The molecule has 1 aliphatic heterocycles. The Morgan fingerprint density at radius 3 is 2.71 bits per heavy atom. The van der Waals surface area contributed by atoms with E-state index in [0.717, 1.165) is 6.67 Å². The maximum atomic E-state index is 3.85. The van der Waals surface area contributed by atoms with E-state index in [2.05, 4.69) is 10.3 Å². The van der Waals surface area contributed by atoms with Gasteiger partial charge in [-0.2, -0.15) is 0 Å². The minimum Gasteiger partial charge on any atom is -1.00 e. The Morgan fingerprint density at radius 2 is 2.57 bits per heavy atom. The van der Waals surface area contributed by atoms with Gasteiger partial charge in [-0.05, 0) is 12.3 Å². The van der Waals surface area contributed by atoms with Gasteiger partial charge in [-0.1, -0.05) is 0 Å². The number of hydrogen-bond donors (Lipinski definition) is 1. The predicted octanol–water partition coefficient (Wildman–Crippen LogP) is -2.75. The van der Waals surface area contributed by atoms with E-state index in [0.29, 0.717) is 0 Å². The van der Waals surface area contributed by atoms with Gasteiger partial charge in [-0.25, -0.2) is 0 Å². The molecule has 0 aromatic carbocycles. The summed E-state index contributed by atoms with van der Waals surface area (Å²) >= 11 is 0. The number of allylic oxidation sites excluding steroid dienone is 1. The summed E-state index contributed by atoms with van der Waals surface area (Å²) in [7, 11) is 0. The average Bonchev–Trinajstić information content (AvgIpc) is 1.72. The normalized spacial score (nSPS) is 14.9. The van der Waals surface area contributed by atoms with E-state index in [4.69, 9.17) is 0 Å². The van der Waals surface area contributed by atoms with E-state index >= 15 is 0 Å². The molecule has 0 fully saturated rings. The molecule has 0 saturated heterocycles. The van der Waals surface area contributed by atoms with Gasteiger partial charge in [0.15, 0.2) is 0 Å². The van der Waals surface area contributed by atoms with Crippen molar-refractivity contribution in [1.29, 1.82) is 0 Å². The molecule has 2 nitrogen and oxygen atoms in total. The number of nitrogens with one attached hydrogen (secondary N) is 1. The molecule has 1 N–H and O–H groups in total. The molecule has 0 aromatic rings. The van der Waals surface area contributed by atoms with Crippen LogP contribution in [-0.4, -0.2) is 12.9 Å². The van der Waals surface area contributed by atoms with Crippen molar-refractivity contribution < 1.29 is 52.8 Å². The molecule has 0 radical (unpaired) electrons. The molecule has 0 saturated carbocycles. The second-order valence-corrected chi connectivity index (χ2v) is 1.05. The third kappa shape index (κ3) is 3.43. The van der Waals surface area contributed by atoms with Crippen molar-refractivity contribution >= 4 is 6.21 Å². The van der Waals surface area contributed by atoms with Crippen molar-refractivity contribution in [2.75, 3.05) is 6.67 Å². The summed E-state index contributed by atoms with van der Waals surface area (Å²) in [5.41, 5.74) is 0. The van der Waals surface area contributed by atoms with E-state index in [1.807, 2.05) is 12.3 Å². The smallest absolute Gasteiger partial charge is 1.00 e. The molecule has 1 aliphatic rings. The zero-order chi connectivity index (χ0) is 4.24. The van der Waals surface area contributed by atoms with E-state index in [-0.39, 0.29) is 52.8 Å². The molecule has 0 aromatic heterocycles. The van der Waals surface area contributed by atoms with Crippen LogP contribution >= 0.6 is 0 Å². The Labute approximate surface area is 87.0 Å². The largest absolute Gasteiger partial charge is 1.00 e. The molecule has 34 valence electrons. The Bertz CT molecular complexity index is 80.0. The van der Waals surface area contributed by atoms with Crippen molar-refractivity contribution in [2.45, 2.75) is 0 Å². The summed E-state index contributed by atoms with van der Waals surface area (Å²) in [5.74, 6) is 0. The number of nitrogens with zero attached hydrogens (tertiary/aromatic N) is 1. The molecule has 0 amide bonds. The zero-order valence-corrected chi connectivity index (χ0v) is 7.51. The van der Waals surface area contributed by atoms with Gasteiger partial charge in [0, 0.05) is 6.21 Å². The molecule has 0 bridgehead atoms. The molecule has 0 unspecified atom stereocenters. The van der Waals surface area contributed by atoms with Gasteiger partial charge in [0.25, 0.3) is 0 Å². The minimum absolute atomic E-state index is 0. The fourth-order valence-corrected chi connectivity index (χ4v) is 0.330. The predicted molar refractivity (Wildman–Crippen MR) is 26.7 cm³/mol. The van der Waals surface area contributed by atoms with E-state index in [1.54, 1.807) is 6.21 Å². The third-order valence-corrected chi connectivity index (χ3v) is 0.588. The first kappa shape index (κ1) is 7.85. The summed E-state index contributed by atoms with van der Waals surface area (Å²) in [4.78, 5) is 3.85. The first-order chi connectivity index (χ1) is 3.00. The molecule has 3 heteroatoms. The fourth-order valence-electron chi connectivity index (χ4n) is 0.330. The van der Waals surface area contributed by atoms with Crippen LogP contribution in [0.3, 0.4) is 0 Å². The van der Waals surface area contributed by atoms with Crippen LogP contribution in [0.2, 0.25) is 0 Å². The van der Waals surface area contributed by atoms with Crippen LogP contribution < -0.4 is 56.7 Å². The second-order valence-electron chi connectivity index (χ2n) is 1.05. The van der Waals surface area contributed by atoms with Crippen LogP contribution in [0.4, 0.5) is 0 Å². The maximum Gasteiger partial charge on any atom is 1.00 e.